The van der Waals surface area contributed by atoms with Gasteiger partial charge in [-0.2, -0.15) is 0 Å². The Morgan fingerprint density at radius 3 is 2.19 bits per heavy atom. The maximum Gasteiger partial charge on any atom is 0.308 e. The predicted octanol–water partition coefficient (Wildman–Crippen LogP) is 1.59. The average Bonchev–Trinajstić information content (AvgIpc) is 3.16. The van der Waals surface area contributed by atoms with Crippen LogP contribution in [0.4, 0.5) is 0 Å². The average molecular weight is 811 g/mol. The van der Waals surface area contributed by atoms with E-state index in [1.54, 1.807) is 45.8 Å². The Labute approximate surface area is 339 Å². The van der Waals surface area contributed by atoms with Crippen molar-refractivity contribution in [3.05, 3.63) is 23.8 Å². The predicted molar refractivity (Wildman–Crippen MR) is 212 cm³/mol. The van der Waals surface area contributed by atoms with Gasteiger partial charge in [0.25, 0.3) is 0 Å². The Hall–Kier alpha value is -2.30. The number of carbonyl (C=O) groups excluding carboxylic acids is 2. The number of nitrogens with one attached hydrogen (secondary N) is 1. The molecule has 0 radical (unpaired) electrons. The molecule has 15 heteroatoms. The smallest absolute Gasteiger partial charge is 0.308 e. The van der Waals surface area contributed by atoms with Crippen LogP contribution in [-0.4, -0.2) is 165 Å². The maximum atomic E-state index is 13.7. The topological polar surface area (TPSA) is 195 Å². The molecule has 0 aromatic heterocycles. The van der Waals surface area contributed by atoms with Gasteiger partial charge >= 0.3 is 5.97 Å². The molecule has 3 rings (SSSR count). The third-order valence-corrected chi connectivity index (χ3v) is 11.6. The van der Waals surface area contributed by atoms with Crippen LogP contribution in [0.1, 0.15) is 67.2 Å². The first kappa shape index (κ1) is 49.1. The van der Waals surface area contributed by atoms with Gasteiger partial charge in [-0.1, -0.05) is 44.4 Å². The van der Waals surface area contributed by atoms with E-state index < -0.39 is 103 Å². The number of carbonyl (C=O) groups is 2. The second kappa shape index (κ2) is 23.5. The number of terminal acetylenes is 1. The molecule has 0 saturated carbocycles. The van der Waals surface area contributed by atoms with E-state index in [9.17, 15) is 30.0 Å². The second-order valence-corrected chi connectivity index (χ2v) is 16.1. The van der Waals surface area contributed by atoms with E-state index in [2.05, 4.69) is 11.2 Å². The fraction of sp³-hybridized carbons (Fsp3) is 0.810. The fourth-order valence-corrected chi connectivity index (χ4v) is 8.14. The first-order chi connectivity index (χ1) is 27.0. The van der Waals surface area contributed by atoms with Gasteiger partial charge in [0.2, 0.25) is 0 Å². The number of aliphatic hydroxyl groups is 4. The zero-order chi connectivity index (χ0) is 42.6. The van der Waals surface area contributed by atoms with E-state index in [4.69, 9.17) is 39.6 Å². The SMILES string of the molecule is C#CCNCC[C@H]1C[C@@H](C)C(=O)/C=C/C(C)=C/[C@H](CO[C@@H]2O[C@H](C)[C@@H](O)[C@@H](OC)[C@H]2OC)[C@@H](CC)OC(=O)C[C@@H](O)[C@H](C)[C@H]1OC1O[C@H](C)[C@@H](O)[C@H](N(C)C)[C@H]1O. The summed E-state index contributed by atoms with van der Waals surface area (Å²) in [6.07, 6.45) is 0.715. The molecule has 1 unspecified atom stereocenters. The molecule has 0 aromatic carbocycles. The van der Waals surface area contributed by atoms with Gasteiger partial charge in [0.15, 0.2) is 18.4 Å². The number of rotatable bonds is 13. The third kappa shape index (κ3) is 13.3. The van der Waals surface area contributed by atoms with Crippen molar-refractivity contribution in [2.45, 2.75) is 147 Å². The summed E-state index contributed by atoms with van der Waals surface area (Å²) in [6, 6.07) is -0.706. The summed E-state index contributed by atoms with van der Waals surface area (Å²) in [5.41, 5.74) is 0.734. The van der Waals surface area contributed by atoms with Gasteiger partial charge < -0.3 is 63.8 Å². The molecule has 57 heavy (non-hydrogen) atoms. The van der Waals surface area contributed by atoms with E-state index in [1.165, 1.54) is 20.3 Å². The molecule has 3 aliphatic heterocycles. The number of nitrogens with zero attached hydrogens (tertiary/aromatic N) is 1. The highest BCUT2D eigenvalue weighted by Gasteiger charge is 2.48. The van der Waals surface area contributed by atoms with Crippen LogP contribution >= 0.6 is 0 Å². The fourth-order valence-electron chi connectivity index (χ4n) is 8.14. The van der Waals surface area contributed by atoms with Crippen LogP contribution in [0.2, 0.25) is 0 Å². The molecule has 326 valence electrons. The van der Waals surface area contributed by atoms with Crippen molar-refractivity contribution in [3.8, 4) is 12.3 Å². The number of allylic oxidation sites excluding steroid dienone is 3. The van der Waals surface area contributed by atoms with Crippen LogP contribution in [0.15, 0.2) is 23.8 Å². The zero-order valence-electron chi connectivity index (χ0n) is 35.5. The minimum Gasteiger partial charge on any atom is -0.462 e. The normalized spacial score (nSPS) is 41.9. The summed E-state index contributed by atoms with van der Waals surface area (Å²) in [6.45, 7) is 11.6. The van der Waals surface area contributed by atoms with Gasteiger partial charge in [0.1, 0.15) is 30.5 Å². The van der Waals surface area contributed by atoms with Gasteiger partial charge in [0, 0.05) is 32.0 Å². The Balaban J connectivity index is 1.99. The molecule has 15 nitrogen and oxygen atoms in total. The van der Waals surface area contributed by atoms with Gasteiger partial charge in [-0.25, -0.2) is 0 Å². The third-order valence-electron chi connectivity index (χ3n) is 11.6. The van der Waals surface area contributed by atoms with Crippen molar-refractivity contribution in [1.29, 1.82) is 0 Å². The molecule has 2 fully saturated rings. The van der Waals surface area contributed by atoms with Crippen molar-refractivity contribution in [1.82, 2.24) is 10.2 Å². The Kier molecular flexibility index (Phi) is 20.2. The lowest BCUT2D eigenvalue weighted by molar-refractivity contribution is -0.304. The lowest BCUT2D eigenvalue weighted by atomic mass is 9.79. The van der Waals surface area contributed by atoms with E-state index >= 15 is 0 Å². The molecule has 0 aromatic rings. The highest BCUT2D eigenvalue weighted by Crippen LogP contribution is 2.35. The highest BCUT2D eigenvalue weighted by atomic mass is 16.7. The summed E-state index contributed by atoms with van der Waals surface area (Å²) >= 11 is 0. The molecule has 2 saturated heterocycles. The number of ketones is 1. The molecule has 0 aliphatic carbocycles. The molecular weight excluding hydrogens is 740 g/mol. The molecule has 17 atom stereocenters. The summed E-state index contributed by atoms with van der Waals surface area (Å²) < 4.78 is 42.1. The summed E-state index contributed by atoms with van der Waals surface area (Å²) in [5.74, 6) is -0.251. The van der Waals surface area contributed by atoms with Gasteiger partial charge in [-0.3, -0.25) is 9.59 Å². The number of aliphatic hydroxyl groups excluding tert-OH is 4. The molecule has 0 amide bonds. The monoisotopic (exact) mass is 810 g/mol. The molecule has 0 bridgehead atoms. The Bertz CT molecular complexity index is 1360. The van der Waals surface area contributed by atoms with Gasteiger partial charge in [0.05, 0.1) is 56.1 Å². The van der Waals surface area contributed by atoms with Crippen LogP contribution in [0, 0.1) is 36.0 Å². The molecular formula is C42H70N2O13. The Morgan fingerprint density at radius 1 is 0.930 bits per heavy atom. The van der Waals surface area contributed by atoms with Crippen molar-refractivity contribution < 1.29 is 63.2 Å². The summed E-state index contributed by atoms with van der Waals surface area (Å²) in [4.78, 5) is 29.1. The number of esters is 1. The lowest BCUT2D eigenvalue weighted by Crippen LogP contribution is -2.63. The van der Waals surface area contributed by atoms with Crippen molar-refractivity contribution in [2.75, 3.05) is 48.0 Å². The number of likely N-dealkylation sites (N-methyl/N-ethyl adjacent to an activating group) is 1. The zero-order valence-corrected chi connectivity index (χ0v) is 35.5. The van der Waals surface area contributed by atoms with Gasteiger partial charge in [-0.05, 0) is 72.7 Å². The molecule has 5 N–H and O–H groups in total. The number of cyclic esters (lactones) is 1. The van der Waals surface area contributed by atoms with Crippen LogP contribution in [-0.2, 0) is 42.7 Å². The molecule has 3 heterocycles. The number of hydrogen-bond acceptors (Lipinski definition) is 15. The summed E-state index contributed by atoms with van der Waals surface area (Å²) in [7, 11) is 6.45. The van der Waals surface area contributed by atoms with Crippen molar-refractivity contribution >= 4 is 11.8 Å². The number of methoxy groups -OCH3 is 2. The van der Waals surface area contributed by atoms with Crippen LogP contribution in [0.25, 0.3) is 0 Å². The minimum atomic E-state index is -1.26. The first-order valence-corrected chi connectivity index (χ1v) is 20.3. The van der Waals surface area contributed by atoms with E-state index in [0.717, 1.165) is 5.57 Å². The van der Waals surface area contributed by atoms with Crippen LogP contribution in [0.5, 0.6) is 0 Å². The van der Waals surface area contributed by atoms with Gasteiger partial charge in [-0.15, -0.1) is 6.42 Å². The first-order valence-electron chi connectivity index (χ1n) is 20.3. The Morgan fingerprint density at radius 2 is 1.58 bits per heavy atom. The highest BCUT2D eigenvalue weighted by molar-refractivity contribution is 5.91. The standard InChI is InChI=1S/C42H70N2O13/c1-12-17-43-18-16-28-20-24(4)30(45)15-14-23(3)19-29(22-53-42-40(52-11)39(51-10)36(49)27(7)55-42)32(13-2)56-33(47)21-31(46)25(5)38(28)57-41-37(50)34(44(8)9)35(48)26(6)54-41/h1,14-15,19,24-29,31-32,34-43,46,48-50H,13,16-18,20-22H2,2-11H3/b15-14+,23-19+/t24-,25+,26-,27-,28+,29-,31-,32-,34+,35-,36-,37-,38-,39-,40-,41?,42-/m1/s1. The van der Waals surface area contributed by atoms with E-state index in [0.29, 0.717) is 32.4 Å². The molecule has 3 aliphatic rings. The summed E-state index contributed by atoms with van der Waals surface area (Å²) in [5, 5.41) is 47.9. The van der Waals surface area contributed by atoms with Crippen molar-refractivity contribution in [2.24, 2.45) is 23.7 Å². The maximum absolute atomic E-state index is 13.7. The van der Waals surface area contributed by atoms with Crippen LogP contribution < -0.4 is 5.32 Å². The second-order valence-electron chi connectivity index (χ2n) is 16.1. The quantitative estimate of drug-likeness (QED) is 0.102. The number of hydrogen-bond donors (Lipinski definition) is 5. The minimum absolute atomic E-state index is 0.0279. The number of ether oxygens (including phenoxy) is 7. The largest absolute Gasteiger partial charge is 0.462 e. The molecule has 0 spiro atoms. The lowest BCUT2D eigenvalue weighted by Gasteiger charge is -2.46. The van der Waals surface area contributed by atoms with Crippen molar-refractivity contribution in [3.63, 3.8) is 0 Å². The van der Waals surface area contributed by atoms with Crippen LogP contribution in [0.3, 0.4) is 0 Å². The van der Waals surface area contributed by atoms with E-state index in [-0.39, 0.29) is 24.7 Å². The van der Waals surface area contributed by atoms with E-state index in [1.807, 2.05) is 26.8 Å².